The lowest BCUT2D eigenvalue weighted by Gasteiger charge is -2.14. The third kappa shape index (κ3) is 7.40. The Labute approximate surface area is 248 Å². The molecule has 3 aromatic carbocycles. The van der Waals surface area contributed by atoms with E-state index in [0.717, 1.165) is 24.0 Å². The molecule has 5 nitrogen and oxygen atoms in total. The van der Waals surface area contributed by atoms with Gasteiger partial charge in [-0.3, -0.25) is 0 Å². The van der Waals surface area contributed by atoms with Crippen molar-refractivity contribution < 1.29 is 22.4 Å². The van der Waals surface area contributed by atoms with Crippen molar-refractivity contribution in [1.29, 1.82) is 0 Å². The van der Waals surface area contributed by atoms with Gasteiger partial charge in [-0.05, 0) is 148 Å². The first-order valence-electron chi connectivity index (χ1n) is 8.47. The molecule has 0 atom stereocenters. The van der Waals surface area contributed by atoms with Gasteiger partial charge < -0.3 is 14.0 Å². The zero-order chi connectivity index (χ0) is 22.8. The lowest BCUT2D eigenvalue weighted by Crippen LogP contribution is -2.05. The maximum absolute atomic E-state index is 11.4. The summed E-state index contributed by atoms with van der Waals surface area (Å²) in [5.74, 6) is 1.40. The second-order valence-electron chi connectivity index (χ2n) is 6.26. The van der Waals surface area contributed by atoms with Crippen molar-refractivity contribution >= 4 is 123 Å². The van der Waals surface area contributed by atoms with Crippen LogP contribution in [0.3, 0.4) is 0 Å². The Balaban J connectivity index is 1.63. The summed E-state index contributed by atoms with van der Waals surface area (Å²) >= 11 is 10.5. The summed E-state index contributed by atoms with van der Waals surface area (Å²) in [7, 11) is -4.52. The molecule has 0 saturated heterocycles. The molecule has 3 aromatic rings. The van der Waals surface area contributed by atoms with E-state index in [1.54, 1.807) is 12.1 Å². The summed E-state index contributed by atoms with van der Waals surface area (Å²) < 4.78 is 50.0. The first-order valence-corrected chi connectivity index (χ1v) is 15.3. The van der Waals surface area contributed by atoms with Gasteiger partial charge in [0, 0.05) is 10.7 Å². The van der Waals surface area contributed by atoms with Crippen LogP contribution in [0.15, 0.2) is 53.4 Å². The van der Waals surface area contributed by atoms with E-state index in [1.807, 2.05) is 69.4 Å². The predicted molar refractivity (Wildman–Crippen MR) is 160 cm³/mol. The molecule has 0 aromatic heterocycles. The van der Waals surface area contributed by atoms with Crippen LogP contribution in [0.2, 0.25) is 0 Å². The molecule has 11 heteroatoms. The fourth-order valence-corrected chi connectivity index (χ4v) is 10.4. The Kier molecular flexibility index (Phi) is 9.80. The van der Waals surface area contributed by atoms with Gasteiger partial charge in [-0.2, -0.15) is 0 Å². The maximum Gasteiger partial charge on any atom is 0.146 e. The van der Waals surface area contributed by atoms with E-state index in [9.17, 15) is 13.0 Å². The van der Waals surface area contributed by atoms with Gasteiger partial charge in [0.15, 0.2) is 0 Å². The molecule has 31 heavy (non-hydrogen) atoms. The molecule has 0 bridgehead atoms. The summed E-state index contributed by atoms with van der Waals surface area (Å²) in [5, 5.41) is 0. The van der Waals surface area contributed by atoms with Crippen LogP contribution < -0.4 is 9.47 Å². The van der Waals surface area contributed by atoms with E-state index in [4.69, 9.17) is 9.47 Å². The van der Waals surface area contributed by atoms with Crippen molar-refractivity contribution in [1.82, 2.24) is 0 Å². The standard InChI is InChI=1S/C20H13I5O5S/c21-13-5-15(22)19(16(23)6-13)30-10-12-3-1-11(2-4-12)9-29-14-7-17(24)20(18(25)8-14)31(26,27)28/h1-8H,9-10H2,(H,26,27,28)/p-1. The van der Waals surface area contributed by atoms with E-state index < -0.39 is 10.1 Å². The molecule has 0 N–H and O–H groups in total. The van der Waals surface area contributed by atoms with Crippen molar-refractivity contribution in [3.63, 3.8) is 0 Å². The van der Waals surface area contributed by atoms with Crippen LogP contribution >= 0.6 is 113 Å². The van der Waals surface area contributed by atoms with E-state index in [2.05, 4.69) is 79.9 Å². The average Bonchev–Trinajstić information content (AvgIpc) is 2.64. The van der Waals surface area contributed by atoms with Gasteiger partial charge in [0.2, 0.25) is 0 Å². The highest BCUT2D eigenvalue weighted by Gasteiger charge is 2.14. The minimum atomic E-state index is -4.52. The second-order valence-corrected chi connectivity index (χ2v) is 13.5. The molecule has 0 aliphatic carbocycles. The highest BCUT2D eigenvalue weighted by Crippen LogP contribution is 2.31. The van der Waals surface area contributed by atoms with Crippen molar-refractivity contribution in [2.45, 2.75) is 18.1 Å². The predicted octanol–water partition coefficient (Wildman–Crippen LogP) is 6.77. The van der Waals surface area contributed by atoms with Crippen LogP contribution in [0.5, 0.6) is 11.5 Å². The summed E-state index contributed by atoms with van der Waals surface area (Å²) in [4.78, 5) is -0.206. The molecule has 0 heterocycles. The molecule has 3 rings (SSSR count). The van der Waals surface area contributed by atoms with Crippen LogP contribution in [0, 0.1) is 17.9 Å². The molecule has 0 aliphatic heterocycles. The molecular weight excluding hydrogens is 987 g/mol. The first kappa shape index (κ1) is 26.4. The van der Waals surface area contributed by atoms with Crippen molar-refractivity contribution in [2.24, 2.45) is 0 Å². The molecule has 164 valence electrons. The number of rotatable bonds is 7. The maximum atomic E-state index is 11.4. The van der Waals surface area contributed by atoms with Gasteiger partial charge in [-0.25, -0.2) is 8.42 Å². The van der Waals surface area contributed by atoms with Crippen LogP contribution in [0.25, 0.3) is 0 Å². The van der Waals surface area contributed by atoms with Crippen molar-refractivity contribution in [3.05, 3.63) is 77.5 Å². The molecular formula is C20H12I5O5S-. The van der Waals surface area contributed by atoms with E-state index in [1.165, 1.54) is 3.57 Å². The summed E-state index contributed by atoms with van der Waals surface area (Å²) in [6.07, 6.45) is 0. The Bertz CT molecular complexity index is 1170. The van der Waals surface area contributed by atoms with Gasteiger partial charge in [0.05, 0.1) is 12.0 Å². The highest BCUT2D eigenvalue weighted by molar-refractivity contribution is 14.1. The minimum absolute atomic E-state index is 0.206. The number of halogens is 5. The summed E-state index contributed by atoms with van der Waals surface area (Å²) in [6, 6.07) is 15.2. The molecule has 0 aliphatic rings. The lowest BCUT2D eigenvalue weighted by atomic mass is 10.1. The summed E-state index contributed by atoms with van der Waals surface area (Å²) in [6.45, 7) is 0.791. The molecule has 0 radical (unpaired) electrons. The fraction of sp³-hybridized carbons (Fsp3) is 0.100. The Hall–Kier alpha value is 0.820. The monoisotopic (exact) mass is 999 g/mol. The van der Waals surface area contributed by atoms with Gasteiger partial charge in [-0.1, -0.05) is 24.3 Å². The normalized spacial score (nSPS) is 11.4. The number of benzene rings is 3. The molecule has 0 unspecified atom stereocenters. The van der Waals surface area contributed by atoms with Gasteiger partial charge in [0.1, 0.15) is 34.8 Å². The zero-order valence-electron chi connectivity index (χ0n) is 15.4. The third-order valence-electron chi connectivity index (χ3n) is 4.00. The van der Waals surface area contributed by atoms with Crippen LogP contribution in [-0.4, -0.2) is 13.0 Å². The second kappa shape index (κ2) is 11.5. The quantitative estimate of drug-likeness (QED) is 0.193. The van der Waals surface area contributed by atoms with Gasteiger partial charge >= 0.3 is 0 Å². The Morgan fingerprint density at radius 3 is 1.61 bits per heavy atom. The average molecular weight is 999 g/mol. The highest BCUT2D eigenvalue weighted by atomic mass is 127. The van der Waals surface area contributed by atoms with Crippen molar-refractivity contribution in [2.75, 3.05) is 0 Å². The van der Waals surface area contributed by atoms with Crippen LogP contribution in [0.1, 0.15) is 11.1 Å². The molecule has 0 amide bonds. The minimum Gasteiger partial charge on any atom is -0.744 e. The van der Waals surface area contributed by atoms with E-state index in [0.29, 0.717) is 26.1 Å². The number of hydrogen-bond acceptors (Lipinski definition) is 5. The van der Waals surface area contributed by atoms with Gasteiger partial charge in [-0.15, -0.1) is 0 Å². The van der Waals surface area contributed by atoms with E-state index in [-0.39, 0.29) is 4.90 Å². The summed E-state index contributed by atoms with van der Waals surface area (Å²) in [5.41, 5.74) is 2.01. The SMILES string of the molecule is O=S(=O)([O-])c1c(I)cc(OCc2ccc(COc3c(I)cc(I)cc3I)cc2)cc1I. The van der Waals surface area contributed by atoms with E-state index >= 15 is 0 Å². The third-order valence-corrected chi connectivity index (χ3v) is 9.60. The van der Waals surface area contributed by atoms with Crippen LogP contribution in [0.4, 0.5) is 0 Å². The molecule has 0 spiro atoms. The van der Waals surface area contributed by atoms with Crippen LogP contribution in [-0.2, 0) is 23.3 Å². The lowest BCUT2D eigenvalue weighted by molar-refractivity contribution is 0.299. The first-order chi connectivity index (χ1) is 14.5. The number of hydrogen-bond donors (Lipinski definition) is 0. The van der Waals surface area contributed by atoms with Crippen molar-refractivity contribution in [3.8, 4) is 11.5 Å². The topological polar surface area (TPSA) is 75.7 Å². The largest absolute Gasteiger partial charge is 0.744 e. The smallest absolute Gasteiger partial charge is 0.146 e. The zero-order valence-corrected chi connectivity index (χ0v) is 27.0. The molecule has 0 fully saturated rings. The molecule has 0 saturated carbocycles. The van der Waals surface area contributed by atoms with Gasteiger partial charge in [0.25, 0.3) is 0 Å². The Morgan fingerprint density at radius 1 is 0.710 bits per heavy atom. The number of ether oxygens (including phenoxy) is 2. The Morgan fingerprint density at radius 2 is 1.16 bits per heavy atom. The fourth-order valence-electron chi connectivity index (χ4n) is 2.58.